The number of carbonyl (C=O) groups is 1. The number of hydrogen-bond acceptors (Lipinski definition) is 3. The SMILES string of the molecule is O=C(CC1CCCNC1)Nc1ccc(SC(F)F)cc1. The van der Waals surface area contributed by atoms with E-state index < -0.39 is 5.76 Å². The zero-order chi connectivity index (χ0) is 14.4. The monoisotopic (exact) mass is 300 g/mol. The van der Waals surface area contributed by atoms with Gasteiger partial charge in [-0.15, -0.1) is 0 Å². The van der Waals surface area contributed by atoms with E-state index in [1.165, 1.54) is 0 Å². The van der Waals surface area contributed by atoms with E-state index in [0.717, 1.165) is 25.9 Å². The maximum Gasteiger partial charge on any atom is 0.288 e. The number of halogens is 2. The van der Waals surface area contributed by atoms with Gasteiger partial charge in [-0.2, -0.15) is 8.78 Å². The Morgan fingerprint density at radius 3 is 2.75 bits per heavy atom. The number of piperidine rings is 1. The number of nitrogens with one attached hydrogen (secondary N) is 2. The molecule has 6 heteroatoms. The fraction of sp³-hybridized carbons (Fsp3) is 0.500. The molecule has 0 aromatic heterocycles. The van der Waals surface area contributed by atoms with Crippen LogP contribution in [0.5, 0.6) is 0 Å². The predicted octanol–water partition coefficient (Wildman–Crippen LogP) is 3.33. The Morgan fingerprint density at radius 2 is 2.15 bits per heavy atom. The van der Waals surface area contributed by atoms with Crippen LogP contribution in [0.1, 0.15) is 19.3 Å². The summed E-state index contributed by atoms with van der Waals surface area (Å²) < 4.78 is 24.4. The number of hydrogen-bond donors (Lipinski definition) is 2. The first-order valence-corrected chi connectivity index (χ1v) is 7.57. The number of anilines is 1. The largest absolute Gasteiger partial charge is 0.326 e. The molecule has 1 aliphatic heterocycles. The number of benzene rings is 1. The third-order valence-corrected chi connectivity index (χ3v) is 3.96. The number of rotatable bonds is 5. The molecule has 1 fully saturated rings. The van der Waals surface area contributed by atoms with E-state index in [4.69, 9.17) is 0 Å². The van der Waals surface area contributed by atoms with Gasteiger partial charge in [-0.1, -0.05) is 11.8 Å². The summed E-state index contributed by atoms with van der Waals surface area (Å²) in [5.74, 6) is -2.06. The highest BCUT2D eigenvalue weighted by atomic mass is 32.2. The van der Waals surface area contributed by atoms with E-state index in [1.807, 2.05) is 0 Å². The van der Waals surface area contributed by atoms with E-state index in [2.05, 4.69) is 10.6 Å². The molecule has 0 spiro atoms. The standard InChI is InChI=1S/C14H18F2N2OS/c15-14(16)20-12-5-3-11(4-6-12)18-13(19)8-10-2-1-7-17-9-10/h3-6,10,14,17H,1-2,7-9H2,(H,18,19). The number of carbonyl (C=O) groups excluding carboxylic acids is 1. The molecule has 0 bridgehead atoms. The molecule has 1 unspecified atom stereocenters. The minimum absolute atomic E-state index is 0.0204. The smallest absolute Gasteiger partial charge is 0.288 e. The van der Waals surface area contributed by atoms with Gasteiger partial charge in [-0.3, -0.25) is 4.79 Å². The molecular formula is C14H18F2N2OS. The van der Waals surface area contributed by atoms with Crippen molar-refractivity contribution in [2.75, 3.05) is 18.4 Å². The minimum Gasteiger partial charge on any atom is -0.326 e. The van der Waals surface area contributed by atoms with Crippen molar-refractivity contribution < 1.29 is 13.6 Å². The molecule has 2 N–H and O–H groups in total. The Morgan fingerprint density at radius 1 is 1.40 bits per heavy atom. The van der Waals surface area contributed by atoms with Gasteiger partial charge in [0.15, 0.2) is 0 Å². The Labute approximate surface area is 121 Å². The maximum atomic E-state index is 12.2. The molecule has 0 aliphatic carbocycles. The average Bonchev–Trinajstić information content (AvgIpc) is 2.41. The lowest BCUT2D eigenvalue weighted by molar-refractivity contribution is -0.117. The van der Waals surface area contributed by atoms with Gasteiger partial charge in [-0.25, -0.2) is 0 Å². The van der Waals surface area contributed by atoms with Gasteiger partial charge in [-0.05, 0) is 56.1 Å². The van der Waals surface area contributed by atoms with Gasteiger partial charge < -0.3 is 10.6 Å². The maximum absolute atomic E-state index is 12.2. The molecule has 1 atom stereocenters. The summed E-state index contributed by atoms with van der Waals surface area (Å²) in [6.45, 7) is 1.92. The second-order valence-corrected chi connectivity index (χ2v) is 5.93. The fourth-order valence-corrected chi connectivity index (χ4v) is 2.79. The van der Waals surface area contributed by atoms with Crippen LogP contribution >= 0.6 is 11.8 Å². The molecule has 1 saturated heterocycles. The average molecular weight is 300 g/mol. The second-order valence-electron chi connectivity index (χ2n) is 4.87. The van der Waals surface area contributed by atoms with Gasteiger partial charge >= 0.3 is 0 Å². The lowest BCUT2D eigenvalue weighted by atomic mass is 9.96. The first kappa shape index (κ1) is 15.3. The summed E-state index contributed by atoms with van der Waals surface area (Å²) >= 11 is 0.500. The van der Waals surface area contributed by atoms with E-state index in [-0.39, 0.29) is 5.91 Å². The molecule has 20 heavy (non-hydrogen) atoms. The number of alkyl halides is 2. The van der Waals surface area contributed by atoms with Crippen LogP contribution in [0.3, 0.4) is 0 Å². The zero-order valence-electron chi connectivity index (χ0n) is 11.1. The van der Waals surface area contributed by atoms with Crippen LogP contribution < -0.4 is 10.6 Å². The molecule has 2 rings (SSSR count). The van der Waals surface area contributed by atoms with Gasteiger partial charge in [0.05, 0.1) is 0 Å². The summed E-state index contributed by atoms with van der Waals surface area (Å²) in [6.07, 6.45) is 2.68. The molecule has 0 saturated carbocycles. The van der Waals surface area contributed by atoms with E-state index in [9.17, 15) is 13.6 Å². The quantitative estimate of drug-likeness (QED) is 0.820. The van der Waals surface area contributed by atoms with Gasteiger partial charge in [0.25, 0.3) is 5.76 Å². The molecular weight excluding hydrogens is 282 g/mol. The van der Waals surface area contributed by atoms with Crippen LogP contribution in [0.25, 0.3) is 0 Å². The Bertz CT molecular complexity index is 433. The van der Waals surface area contributed by atoms with Crippen molar-refractivity contribution in [2.24, 2.45) is 5.92 Å². The van der Waals surface area contributed by atoms with Crippen molar-refractivity contribution in [3.63, 3.8) is 0 Å². The molecule has 1 aliphatic rings. The van der Waals surface area contributed by atoms with Gasteiger partial charge in [0, 0.05) is 17.0 Å². The normalized spacial score (nSPS) is 19.1. The Balaban J connectivity index is 1.81. The first-order chi connectivity index (χ1) is 9.63. The van der Waals surface area contributed by atoms with Crippen molar-refractivity contribution >= 4 is 23.4 Å². The highest BCUT2D eigenvalue weighted by Crippen LogP contribution is 2.26. The van der Waals surface area contributed by atoms with Gasteiger partial charge in [0.2, 0.25) is 5.91 Å². The fourth-order valence-electron chi connectivity index (χ4n) is 2.29. The lowest BCUT2D eigenvalue weighted by Gasteiger charge is -2.22. The highest BCUT2D eigenvalue weighted by molar-refractivity contribution is 7.99. The predicted molar refractivity (Wildman–Crippen MR) is 77.1 cm³/mol. The lowest BCUT2D eigenvalue weighted by Crippen LogP contribution is -2.32. The first-order valence-electron chi connectivity index (χ1n) is 6.69. The molecule has 1 aromatic carbocycles. The van der Waals surface area contributed by atoms with Crippen LogP contribution in [0, 0.1) is 5.92 Å². The van der Waals surface area contributed by atoms with Gasteiger partial charge in [0.1, 0.15) is 0 Å². The summed E-state index contributed by atoms with van der Waals surface area (Å²) in [5.41, 5.74) is 0.650. The van der Waals surface area contributed by atoms with Crippen LogP contribution in [0.4, 0.5) is 14.5 Å². The van der Waals surface area contributed by atoms with Crippen molar-refractivity contribution in [1.29, 1.82) is 0 Å². The number of amides is 1. The van der Waals surface area contributed by atoms with Crippen molar-refractivity contribution in [1.82, 2.24) is 5.32 Å². The Hall–Kier alpha value is -1.14. The molecule has 1 aromatic rings. The third-order valence-electron chi connectivity index (χ3n) is 3.24. The minimum atomic E-state index is -2.42. The third kappa shape index (κ3) is 5.09. The van der Waals surface area contributed by atoms with Crippen LogP contribution in [-0.2, 0) is 4.79 Å². The van der Waals surface area contributed by atoms with Crippen molar-refractivity contribution in [2.45, 2.75) is 29.9 Å². The van der Waals surface area contributed by atoms with E-state index in [0.29, 0.717) is 34.7 Å². The molecule has 3 nitrogen and oxygen atoms in total. The van der Waals surface area contributed by atoms with Crippen LogP contribution in [-0.4, -0.2) is 24.8 Å². The summed E-state index contributed by atoms with van der Waals surface area (Å²) in [6, 6.07) is 6.49. The molecule has 1 amide bonds. The Kier molecular flexibility index (Phi) is 5.79. The van der Waals surface area contributed by atoms with Crippen LogP contribution in [0.15, 0.2) is 29.2 Å². The highest BCUT2D eigenvalue weighted by Gasteiger charge is 2.16. The van der Waals surface area contributed by atoms with Crippen molar-refractivity contribution in [3.05, 3.63) is 24.3 Å². The zero-order valence-corrected chi connectivity index (χ0v) is 11.9. The number of thioether (sulfide) groups is 1. The van der Waals surface area contributed by atoms with E-state index in [1.54, 1.807) is 24.3 Å². The summed E-state index contributed by atoms with van der Waals surface area (Å²) in [5, 5.41) is 6.08. The van der Waals surface area contributed by atoms with Crippen LogP contribution in [0.2, 0.25) is 0 Å². The molecule has 0 radical (unpaired) electrons. The van der Waals surface area contributed by atoms with E-state index >= 15 is 0 Å². The molecule has 1 heterocycles. The summed E-state index contributed by atoms with van der Waals surface area (Å²) in [4.78, 5) is 12.4. The molecule has 110 valence electrons. The summed E-state index contributed by atoms with van der Waals surface area (Å²) in [7, 11) is 0. The topological polar surface area (TPSA) is 41.1 Å². The van der Waals surface area contributed by atoms with Crippen molar-refractivity contribution in [3.8, 4) is 0 Å². The second kappa shape index (κ2) is 7.59.